The van der Waals surface area contributed by atoms with Crippen molar-refractivity contribution < 1.29 is 17.9 Å². The highest BCUT2D eigenvalue weighted by Crippen LogP contribution is 2.18. The van der Waals surface area contributed by atoms with Crippen LogP contribution < -0.4 is 11.1 Å². The van der Waals surface area contributed by atoms with Gasteiger partial charge in [0.1, 0.15) is 9.84 Å². The molecule has 1 aromatic carbocycles. The second kappa shape index (κ2) is 8.87. The fourth-order valence-electron chi connectivity index (χ4n) is 1.85. The number of carbonyl (C=O) groups excluding carboxylic acids is 1. The minimum absolute atomic E-state index is 0.0176. The van der Waals surface area contributed by atoms with E-state index in [1.165, 1.54) is 0 Å². The summed E-state index contributed by atoms with van der Waals surface area (Å²) in [4.78, 5) is 12.0. The smallest absolute Gasteiger partial charge is 0.224 e. The van der Waals surface area contributed by atoms with Crippen LogP contribution in [-0.4, -0.2) is 46.1 Å². The van der Waals surface area contributed by atoms with Gasteiger partial charge in [0.25, 0.3) is 0 Å². The van der Waals surface area contributed by atoms with Crippen molar-refractivity contribution in [3.8, 4) is 0 Å². The Labute approximate surface area is 132 Å². The van der Waals surface area contributed by atoms with E-state index in [-0.39, 0.29) is 36.8 Å². The van der Waals surface area contributed by atoms with Crippen molar-refractivity contribution >= 4 is 15.7 Å². The summed E-state index contributed by atoms with van der Waals surface area (Å²) in [6.07, 6.45) is 1.16. The van der Waals surface area contributed by atoms with Gasteiger partial charge in [0.2, 0.25) is 5.91 Å². The van der Waals surface area contributed by atoms with Crippen molar-refractivity contribution in [2.75, 3.05) is 31.8 Å². The van der Waals surface area contributed by atoms with Crippen LogP contribution >= 0.6 is 0 Å². The SMILES string of the molecule is CC(C(=O)NCCOCCS(C)(=O)=O)C(N)c1ccccc1. The van der Waals surface area contributed by atoms with Crippen molar-refractivity contribution in [3.63, 3.8) is 0 Å². The van der Waals surface area contributed by atoms with E-state index in [2.05, 4.69) is 5.32 Å². The molecular weight excluding hydrogens is 304 g/mol. The molecule has 0 heterocycles. The van der Waals surface area contributed by atoms with E-state index in [1.807, 2.05) is 30.3 Å². The van der Waals surface area contributed by atoms with Gasteiger partial charge in [-0.1, -0.05) is 37.3 Å². The topological polar surface area (TPSA) is 98.5 Å². The second-order valence-electron chi connectivity index (χ2n) is 5.26. The molecule has 2 atom stereocenters. The first-order valence-corrected chi connectivity index (χ1v) is 9.21. The number of hydrogen-bond acceptors (Lipinski definition) is 5. The Morgan fingerprint density at radius 2 is 1.91 bits per heavy atom. The molecule has 0 saturated carbocycles. The van der Waals surface area contributed by atoms with E-state index in [0.717, 1.165) is 11.8 Å². The van der Waals surface area contributed by atoms with Crippen LogP contribution in [0.5, 0.6) is 0 Å². The Hall–Kier alpha value is -1.44. The summed E-state index contributed by atoms with van der Waals surface area (Å²) < 4.78 is 27.0. The normalized spacial score (nSPS) is 14.3. The van der Waals surface area contributed by atoms with Gasteiger partial charge in [-0.25, -0.2) is 8.42 Å². The molecule has 1 amide bonds. The van der Waals surface area contributed by atoms with Crippen molar-refractivity contribution in [1.29, 1.82) is 0 Å². The van der Waals surface area contributed by atoms with Gasteiger partial charge < -0.3 is 15.8 Å². The average molecular weight is 328 g/mol. The summed E-state index contributed by atoms with van der Waals surface area (Å²) in [7, 11) is -3.01. The summed E-state index contributed by atoms with van der Waals surface area (Å²) in [6, 6.07) is 9.08. The number of rotatable bonds is 9. The van der Waals surface area contributed by atoms with Crippen molar-refractivity contribution in [2.45, 2.75) is 13.0 Å². The number of ether oxygens (including phenoxy) is 1. The summed E-state index contributed by atoms with van der Waals surface area (Å²) >= 11 is 0. The van der Waals surface area contributed by atoms with Crippen LogP contribution in [-0.2, 0) is 19.4 Å². The van der Waals surface area contributed by atoms with E-state index in [9.17, 15) is 13.2 Å². The monoisotopic (exact) mass is 328 g/mol. The van der Waals surface area contributed by atoms with Gasteiger partial charge in [0.15, 0.2) is 0 Å². The molecule has 2 unspecified atom stereocenters. The third kappa shape index (κ3) is 7.02. The third-order valence-corrected chi connectivity index (χ3v) is 4.19. The summed E-state index contributed by atoms with van der Waals surface area (Å²) in [6.45, 7) is 2.51. The Bertz CT molecular complexity index is 560. The number of benzene rings is 1. The van der Waals surface area contributed by atoms with Crippen LogP contribution in [0.3, 0.4) is 0 Å². The lowest BCUT2D eigenvalue weighted by Crippen LogP contribution is -2.37. The van der Waals surface area contributed by atoms with E-state index in [0.29, 0.717) is 6.54 Å². The fraction of sp³-hybridized carbons (Fsp3) is 0.533. The molecule has 124 valence electrons. The van der Waals surface area contributed by atoms with Gasteiger partial charge in [0, 0.05) is 18.8 Å². The van der Waals surface area contributed by atoms with Crippen LogP contribution in [0.25, 0.3) is 0 Å². The largest absolute Gasteiger partial charge is 0.379 e. The van der Waals surface area contributed by atoms with E-state index in [4.69, 9.17) is 10.5 Å². The molecule has 0 radical (unpaired) electrons. The molecule has 7 heteroatoms. The maximum absolute atomic E-state index is 12.0. The minimum Gasteiger partial charge on any atom is -0.379 e. The average Bonchev–Trinajstić information content (AvgIpc) is 2.48. The van der Waals surface area contributed by atoms with Crippen molar-refractivity contribution in [3.05, 3.63) is 35.9 Å². The highest BCUT2D eigenvalue weighted by Gasteiger charge is 2.21. The van der Waals surface area contributed by atoms with Crippen LogP contribution in [0.4, 0.5) is 0 Å². The van der Waals surface area contributed by atoms with Gasteiger partial charge in [-0.3, -0.25) is 4.79 Å². The van der Waals surface area contributed by atoms with Crippen LogP contribution in [0.2, 0.25) is 0 Å². The fourth-order valence-corrected chi connectivity index (χ4v) is 2.27. The highest BCUT2D eigenvalue weighted by molar-refractivity contribution is 7.90. The molecule has 0 aliphatic rings. The Morgan fingerprint density at radius 3 is 2.50 bits per heavy atom. The molecule has 0 aliphatic heterocycles. The highest BCUT2D eigenvalue weighted by atomic mass is 32.2. The van der Waals surface area contributed by atoms with E-state index >= 15 is 0 Å². The first-order chi connectivity index (χ1) is 10.3. The zero-order valence-corrected chi connectivity index (χ0v) is 13.8. The molecule has 0 aromatic heterocycles. The van der Waals surface area contributed by atoms with Gasteiger partial charge in [-0.05, 0) is 5.56 Å². The Balaban J connectivity index is 2.27. The molecule has 0 saturated heterocycles. The van der Waals surface area contributed by atoms with Gasteiger partial charge in [-0.15, -0.1) is 0 Å². The molecule has 1 rings (SSSR count). The lowest BCUT2D eigenvalue weighted by molar-refractivity contribution is -0.125. The predicted molar refractivity (Wildman–Crippen MR) is 86.1 cm³/mol. The number of nitrogens with two attached hydrogens (primary N) is 1. The number of amides is 1. The maximum Gasteiger partial charge on any atom is 0.224 e. The molecule has 1 aromatic rings. The van der Waals surface area contributed by atoms with Crippen LogP contribution in [0.15, 0.2) is 30.3 Å². The molecule has 22 heavy (non-hydrogen) atoms. The quantitative estimate of drug-likeness (QED) is 0.643. The molecule has 3 N–H and O–H groups in total. The lowest BCUT2D eigenvalue weighted by Gasteiger charge is -2.19. The van der Waals surface area contributed by atoms with Gasteiger partial charge in [-0.2, -0.15) is 0 Å². The van der Waals surface area contributed by atoms with Crippen LogP contribution in [0.1, 0.15) is 18.5 Å². The Morgan fingerprint density at radius 1 is 1.27 bits per heavy atom. The zero-order valence-electron chi connectivity index (χ0n) is 13.0. The number of nitrogens with one attached hydrogen (secondary N) is 1. The Kier molecular flexibility index (Phi) is 7.50. The first-order valence-electron chi connectivity index (χ1n) is 7.15. The molecule has 0 aliphatic carbocycles. The minimum atomic E-state index is -3.01. The number of sulfone groups is 1. The third-order valence-electron chi connectivity index (χ3n) is 3.28. The molecule has 6 nitrogen and oxygen atoms in total. The summed E-state index contributed by atoms with van der Waals surface area (Å²) in [5, 5.41) is 2.74. The molecular formula is C15H24N2O4S. The predicted octanol–water partition coefficient (Wildman–Crippen LogP) is 0.500. The van der Waals surface area contributed by atoms with Crippen molar-refractivity contribution in [2.24, 2.45) is 11.7 Å². The maximum atomic E-state index is 12.0. The summed E-state index contributed by atoms with van der Waals surface area (Å²) in [5.74, 6) is -0.530. The lowest BCUT2D eigenvalue weighted by atomic mass is 9.95. The molecule has 0 spiro atoms. The zero-order chi connectivity index (χ0) is 16.6. The standard InChI is InChI=1S/C15H24N2O4S/c1-12(14(16)13-6-4-3-5-7-13)15(18)17-8-9-21-10-11-22(2,19)20/h3-7,12,14H,8-11,16H2,1-2H3,(H,17,18). The van der Waals surface area contributed by atoms with E-state index in [1.54, 1.807) is 6.92 Å². The summed E-state index contributed by atoms with van der Waals surface area (Å²) in [5.41, 5.74) is 6.99. The molecule has 0 fully saturated rings. The van der Waals surface area contributed by atoms with E-state index < -0.39 is 9.84 Å². The van der Waals surface area contributed by atoms with Gasteiger partial charge >= 0.3 is 0 Å². The van der Waals surface area contributed by atoms with Gasteiger partial charge in [0.05, 0.1) is 24.9 Å². The first kappa shape index (κ1) is 18.6. The molecule has 0 bridgehead atoms. The van der Waals surface area contributed by atoms with Crippen LogP contribution in [0, 0.1) is 5.92 Å². The second-order valence-corrected chi connectivity index (χ2v) is 7.52. The number of carbonyl (C=O) groups is 1. The van der Waals surface area contributed by atoms with Crippen molar-refractivity contribution in [1.82, 2.24) is 5.32 Å². The number of hydrogen-bond donors (Lipinski definition) is 2.